The van der Waals surface area contributed by atoms with Crippen LogP contribution in [0, 0.1) is 0 Å². The van der Waals surface area contributed by atoms with E-state index in [1.165, 1.54) is 21.4 Å². The van der Waals surface area contributed by atoms with Crippen molar-refractivity contribution in [3.63, 3.8) is 0 Å². The lowest BCUT2D eigenvalue weighted by Gasteiger charge is -2.12. The van der Waals surface area contributed by atoms with Crippen molar-refractivity contribution in [3.05, 3.63) is 57.6 Å². The van der Waals surface area contributed by atoms with Crippen molar-refractivity contribution >= 4 is 35.0 Å². The molecule has 6 nitrogen and oxygen atoms in total. The number of alkyl halides is 3. The molecule has 0 bridgehead atoms. The highest BCUT2D eigenvalue weighted by Gasteiger charge is 2.26. The Kier molecular flexibility index (Phi) is 7.89. The van der Waals surface area contributed by atoms with E-state index in [0.29, 0.717) is 22.8 Å². The molecule has 0 aliphatic carbocycles. The number of thioether (sulfide) groups is 1. The van der Waals surface area contributed by atoms with E-state index in [-0.39, 0.29) is 36.6 Å². The number of aryl methyl sites for hydroxylation is 1. The van der Waals surface area contributed by atoms with E-state index in [1.54, 1.807) is 36.0 Å². The zero-order chi connectivity index (χ0) is 23.3. The number of carbonyl (C=O) groups excluding carboxylic acids is 1. The van der Waals surface area contributed by atoms with Crippen molar-refractivity contribution in [3.8, 4) is 11.3 Å². The molecule has 32 heavy (non-hydrogen) atoms. The van der Waals surface area contributed by atoms with Gasteiger partial charge in [-0.25, -0.2) is 4.98 Å². The fourth-order valence-corrected chi connectivity index (χ4v) is 3.63. The second-order valence-corrected chi connectivity index (χ2v) is 8.62. The number of halogens is 4. The standard InChI is InChI=1S/C21H22ClF3N4O2S/c1-32-10-8-26-18(30)11-15-12-28(9-2-7-21(23,24)25)20-27-17(13-29(20)19(15)31)14-3-5-16(22)6-4-14/h3-6,12-13H,2,7-11H2,1H3,(H,26,30). The van der Waals surface area contributed by atoms with Gasteiger partial charge in [-0.1, -0.05) is 23.7 Å². The van der Waals surface area contributed by atoms with Crippen LogP contribution < -0.4 is 10.9 Å². The normalized spacial score (nSPS) is 11.8. The lowest BCUT2D eigenvalue weighted by Crippen LogP contribution is -2.31. The number of fused-ring (bicyclic) bond motifs is 1. The first-order valence-electron chi connectivity index (χ1n) is 9.87. The third-order valence-electron chi connectivity index (χ3n) is 4.73. The van der Waals surface area contributed by atoms with Crippen LogP contribution in [0.25, 0.3) is 17.0 Å². The summed E-state index contributed by atoms with van der Waals surface area (Å²) in [6, 6.07) is 6.84. The van der Waals surface area contributed by atoms with Crippen LogP contribution in [0.4, 0.5) is 13.2 Å². The minimum Gasteiger partial charge on any atom is -0.355 e. The molecule has 172 valence electrons. The molecule has 1 aromatic carbocycles. The highest BCUT2D eigenvalue weighted by molar-refractivity contribution is 7.98. The fraction of sp³-hybridized carbons (Fsp3) is 0.381. The zero-order valence-electron chi connectivity index (χ0n) is 17.3. The number of nitrogens with zero attached hydrogens (tertiary/aromatic N) is 3. The smallest absolute Gasteiger partial charge is 0.355 e. The van der Waals surface area contributed by atoms with Gasteiger partial charge in [0, 0.05) is 53.8 Å². The molecule has 2 aromatic heterocycles. The average Bonchev–Trinajstić information content (AvgIpc) is 3.17. The van der Waals surface area contributed by atoms with E-state index >= 15 is 0 Å². The fourth-order valence-electron chi connectivity index (χ4n) is 3.20. The van der Waals surface area contributed by atoms with Gasteiger partial charge >= 0.3 is 6.18 Å². The summed E-state index contributed by atoms with van der Waals surface area (Å²) in [6.45, 7) is 0.468. The average molecular weight is 487 g/mol. The molecule has 0 radical (unpaired) electrons. The van der Waals surface area contributed by atoms with Crippen molar-refractivity contribution < 1.29 is 18.0 Å². The molecule has 0 atom stereocenters. The molecule has 3 rings (SSSR count). The second-order valence-electron chi connectivity index (χ2n) is 7.19. The maximum atomic E-state index is 13.0. The molecule has 0 aliphatic rings. The van der Waals surface area contributed by atoms with Gasteiger partial charge in [0.25, 0.3) is 5.56 Å². The van der Waals surface area contributed by atoms with E-state index in [2.05, 4.69) is 10.3 Å². The van der Waals surface area contributed by atoms with Crippen LogP contribution in [0.2, 0.25) is 5.02 Å². The first-order chi connectivity index (χ1) is 15.2. The molecule has 3 aromatic rings. The molecule has 0 unspecified atom stereocenters. The van der Waals surface area contributed by atoms with Crippen LogP contribution in [0.1, 0.15) is 18.4 Å². The summed E-state index contributed by atoms with van der Waals surface area (Å²) in [5, 5.41) is 3.27. The Morgan fingerprint density at radius 1 is 1.22 bits per heavy atom. The van der Waals surface area contributed by atoms with E-state index in [1.807, 2.05) is 6.26 Å². The van der Waals surface area contributed by atoms with Gasteiger partial charge in [-0.15, -0.1) is 0 Å². The minimum absolute atomic E-state index is 0.00144. The van der Waals surface area contributed by atoms with Crippen molar-refractivity contribution in [2.45, 2.75) is 32.0 Å². The van der Waals surface area contributed by atoms with Gasteiger partial charge in [-0.3, -0.25) is 14.0 Å². The molecule has 2 heterocycles. The summed E-state index contributed by atoms with van der Waals surface area (Å²) in [6.07, 6.45) is -0.713. The zero-order valence-corrected chi connectivity index (χ0v) is 18.9. The number of carbonyl (C=O) groups is 1. The van der Waals surface area contributed by atoms with E-state index < -0.39 is 18.2 Å². The quantitative estimate of drug-likeness (QED) is 0.461. The topological polar surface area (TPSA) is 68.4 Å². The number of nitrogens with one attached hydrogen (secondary N) is 1. The number of hydrogen-bond acceptors (Lipinski definition) is 4. The third kappa shape index (κ3) is 6.29. The highest BCUT2D eigenvalue weighted by Crippen LogP contribution is 2.23. The van der Waals surface area contributed by atoms with Gasteiger partial charge in [0.2, 0.25) is 11.7 Å². The molecule has 11 heteroatoms. The van der Waals surface area contributed by atoms with Gasteiger partial charge in [0.1, 0.15) is 0 Å². The maximum Gasteiger partial charge on any atom is 0.389 e. The summed E-state index contributed by atoms with van der Waals surface area (Å²) in [5.41, 5.74) is 0.937. The van der Waals surface area contributed by atoms with E-state index in [9.17, 15) is 22.8 Å². The van der Waals surface area contributed by atoms with E-state index in [0.717, 1.165) is 5.75 Å². The Bertz CT molecular complexity index is 1140. The summed E-state index contributed by atoms with van der Waals surface area (Å²) in [4.78, 5) is 29.7. The SMILES string of the molecule is CSCCNC(=O)Cc1cn(CCCC(F)(F)F)c2nc(-c3ccc(Cl)cc3)cn2c1=O. The van der Waals surface area contributed by atoms with Gasteiger partial charge in [-0.05, 0) is 24.8 Å². The van der Waals surface area contributed by atoms with Crippen molar-refractivity contribution in [2.75, 3.05) is 18.6 Å². The second kappa shape index (κ2) is 10.4. The lowest BCUT2D eigenvalue weighted by atomic mass is 10.2. The first kappa shape index (κ1) is 24.2. The summed E-state index contributed by atoms with van der Waals surface area (Å²) in [5.74, 6) is 0.627. The minimum atomic E-state index is -4.28. The monoisotopic (exact) mass is 486 g/mol. The maximum absolute atomic E-state index is 13.0. The lowest BCUT2D eigenvalue weighted by molar-refractivity contribution is -0.135. The van der Waals surface area contributed by atoms with Crippen LogP contribution in [0.15, 0.2) is 41.5 Å². The van der Waals surface area contributed by atoms with Crippen LogP contribution in [-0.4, -0.2) is 44.6 Å². The van der Waals surface area contributed by atoms with Crippen LogP contribution >= 0.6 is 23.4 Å². The van der Waals surface area contributed by atoms with Gasteiger partial charge in [0.05, 0.1) is 12.1 Å². The number of rotatable bonds is 9. The molecular weight excluding hydrogens is 465 g/mol. The van der Waals surface area contributed by atoms with Crippen molar-refractivity contribution in [1.29, 1.82) is 0 Å². The summed E-state index contributed by atoms with van der Waals surface area (Å²) < 4.78 is 40.7. The number of hydrogen-bond donors (Lipinski definition) is 1. The Morgan fingerprint density at radius 3 is 2.59 bits per heavy atom. The molecule has 0 fully saturated rings. The predicted octanol–water partition coefficient (Wildman–Crippen LogP) is 4.18. The predicted molar refractivity (Wildman–Crippen MR) is 120 cm³/mol. The first-order valence-corrected chi connectivity index (χ1v) is 11.6. The van der Waals surface area contributed by atoms with Crippen LogP contribution in [-0.2, 0) is 17.8 Å². The van der Waals surface area contributed by atoms with Gasteiger partial charge in [0.15, 0.2) is 0 Å². The molecular formula is C21H22ClF3N4O2S. The third-order valence-corrected chi connectivity index (χ3v) is 5.59. The number of aromatic nitrogens is 3. The van der Waals surface area contributed by atoms with Crippen LogP contribution in [0.3, 0.4) is 0 Å². The Balaban J connectivity index is 1.98. The Morgan fingerprint density at radius 2 is 1.94 bits per heavy atom. The van der Waals surface area contributed by atoms with Crippen molar-refractivity contribution in [1.82, 2.24) is 19.3 Å². The van der Waals surface area contributed by atoms with Crippen molar-refractivity contribution in [2.24, 2.45) is 0 Å². The number of benzene rings is 1. The molecule has 0 spiro atoms. The number of amides is 1. The van der Waals surface area contributed by atoms with Gasteiger partial charge < -0.3 is 9.88 Å². The van der Waals surface area contributed by atoms with Gasteiger partial charge in [-0.2, -0.15) is 24.9 Å². The van der Waals surface area contributed by atoms with Crippen LogP contribution in [0.5, 0.6) is 0 Å². The molecule has 1 amide bonds. The van der Waals surface area contributed by atoms with E-state index in [4.69, 9.17) is 11.6 Å². The molecule has 0 aliphatic heterocycles. The molecule has 0 saturated heterocycles. The summed E-state index contributed by atoms with van der Waals surface area (Å²) in [7, 11) is 0. The molecule has 0 saturated carbocycles. The Hall–Kier alpha value is -2.46. The Labute approximate surface area is 191 Å². The molecule has 1 N–H and O–H groups in total. The number of imidazole rings is 1. The summed E-state index contributed by atoms with van der Waals surface area (Å²) >= 11 is 7.50. The highest BCUT2D eigenvalue weighted by atomic mass is 35.5. The largest absolute Gasteiger partial charge is 0.389 e.